The number of ether oxygens (including phenoxy) is 1. The number of rotatable bonds is 6. The van der Waals surface area contributed by atoms with Gasteiger partial charge in [0.1, 0.15) is 22.9 Å². The number of carbonyl (C=O) groups is 1. The molecule has 0 radical (unpaired) electrons. The number of methoxy groups -OCH3 is 1. The maximum Gasteiger partial charge on any atom is 0.295 e. The van der Waals surface area contributed by atoms with E-state index in [4.69, 9.17) is 4.74 Å². The summed E-state index contributed by atoms with van der Waals surface area (Å²) in [6, 6.07) is 16.7. The summed E-state index contributed by atoms with van der Waals surface area (Å²) in [6.07, 6.45) is 0. The first-order valence-electron chi connectivity index (χ1n) is 10.1. The first kappa shape index (κ1) is 23.5. The summed E-state index contributed by atoms with van der Waals surface area (Å²) in [5, 5.41) is 37.8. The Morgan fingerprint density at radius 2 is 1.51 bits per heavy atom. The standard InChI is InChI=1S/C24H19N3O7S/c1-34-17-6-8-18(9-7-17)35(32,33)27-21-13-22(23(30)20-5-3-2-4-19(20)21)25-26-24(31)14-10-15(28)12-16(29)11-14/h2-13,27-30H,1H3. The highest BCUT2D eigenvalue weighted by Gasteiger charge is 2.19. The summed E-state index contributed by atoms with van der Waals surface area (Å²) < 4.78 is 33.5. The van der Waals surface area contributed by atoms with Gasteiger partial charge in [-0.2, -0.15) is 0 Å². The van der Waals surface area contributed by atoms with E-state index >= 15 is 0 Å². The largest absolute Gasteiger partial charge is 0.508 e. The van der Waals surface area contributed by atoms with Crippen LogP contribution < -0.4 is 9.46 Å². The van der Waals surface area contributed by atoms with Crippen LogP contribution in [0.2, 0.25) is 0 Å². The third kappa shape index (κ3) is 4.99. The molecule has 0 unspecified atom stereocenters. The first-order chi connectivity index (χ1) is 16.7. The van der Waals surface area contributed by atoms with E-state index in [1.807, 2.05) is 0 Å². The van der Waals surface area contributed by atoms with E-state index in [0.29, 0.717) is 11.1 Å². The molecule has 4 aromatic rings. The summed E-state index contributed by atoms with van der Waals surface area (Å²) in [7, 11) is -2.56. The zero-order valence-electron chi connectivity index (χ0n) is 18.2. The van der Waals surface area contributed by atoms with Gasteiger partial charge in [0.05, 0.1) is 23.3 Å². The second-order valence-electron chi connectivity index (χ2n) is 7.36. The lowest BCUT2D eigenvalue weighted by Gasteiger charge is -2.13. The third-order valence-electron chi connectivity index (χ3n) is 5.01. The van der Waals surface area contributed by atoms with E-state index < -0.39 is 15.9 Å². The van der Waals surface area contributed by atoms with Crippen LogP contribution in [0.15, 0.2) is 87.9 Å². The Bertz CT molecular complexity index is 1550. The van der Waals surface area contributed by atoms with Crippen LogP contribution in [0.3, 0.4) is 0 Å². The number of benzene rings is 4. The van der Waals surface area contributed by atoms with Crippen LogP contribution in [0.1, 0.15) is 10.4 Å². The smallest absolute Gasteiger partial charge is 0.295 e. The Hall–Kier alpha value is -4.64. The summed E-state index contributed by atoms with van der Waals surface area (Å²) in [5.41, 5.74) is -0.202. The normalized spacial score (nSPS) is 11.6. The Morgan fingerprint density at radius 1 is 0.886 bits per heavy atom. The van der Waals surface area contributed by atoms with Gasteiger partial charge < -0.3 is 20.1 Å². The zero-order valence-corrected chi connectivity index (χ0v) is 19.0. The number of nitrogens with one attached hydrogen (secondary N) is 1. The third-order valence-corrected chi connectivity index (χ3v) is 6.39. The van der Waals surface area contributed by atoms with Gasteiger partial charge >= 0.3 is 0 Å². The molecule has 0 saturated carbocycles. The van der Waals surface area contributed by atoms with Crippen molar-refractivity contribution in [1.82, 2.24) is 0 Å². The van der Waals surface area contributed by atoms with Crippen LogP contribution in [-0.2, 0) is 10.0 Å². The number of azo groups is 1. The van der Waals surface area contributed by atoms with Crippen LogP contribution >= 0.6 is 0 Å². The van der Waals surface area contributed by atoms with Crippen LogP contribution in [0.25, 0.3) is 10.8 Å². The van der Waals surface area contributed by atoms with E-state index in [-0.39, 0.29) is 44.5 Å². The molecule has 0 aromatic heterocycles. The van der Waals surface area contributed by atoms with Crippen LogP contribution in [0.4, 0.5) is 11.4 Å². The monoisotopic (exact) mass is 493 g/mol. The summed E-state index contributed by atoms with van der Waals surface area (Å²) in [5.74, 6) is -1.40. The molecule has 4 rings (SSSR count). The van der Waals surface area contributed by atoms with E-state index in [2.05, 4.69) is 15.0 Å². The highest BCUT2D eigenvalue weighted by atomic mass is 32.2. The molecule has 0 spiro atoms. The molecule has 0 fully saturated rings. The van der Waals surface area contributed by atoms with Gasteiger partial charge in [-0.25, -0.2) is 8.42 Å². The maximum atomic E-state index is 13.0. The van der Waals surface area contributed by atoms with Crippen molar-refractivity contribution in [3.63, 3.8) is 0 Å². The molecular weight excluding hydrogens is 474 g/mol. The van der Waals surface area contributed by atoms with Crippen molar-refractivity contribution >= 4 is 38.1 Å². The van der Waals surface area contributed by atoms with Crippen LogP contribution in [-0.4, -0.2) is 36.8 Å². The van der Waals surface area contributed by atoms with Crippen molar-refractivity contribution in [3.8, 4) is 23.0 Å². The number of aromatic hydroxyl groups is 3. The predicted molar refractivity (Wildman–Crippen MR) is 128 cm³/mol. The summed E-state index contributed by atoms with van der Waals surface area (Å²) in [6.45, 7) is 0. The molecule has 35 heavy (non-hydrogen) atoms. The molecular formula is C24H19N3O7S. The maximum absolute atomic E-state index is 13.0. The lowest BCUT2D eigenvalue weighted by molar-refractivity contribution is 0.0994. The SMILES string of the molecule is COc1ccc(S(=O)(=O)Nc2cc(N=NC(=O)c3cc(O)cc(O)c3)c(O)c3ccccc23)cc1. The van der Waals surface area contributed by atoms with Gasteiger partial charge in [0.2, 0.25) is 0 Å². The average molecular weight is 493 g/mol. The number of fused-ring (bicyclic) bond motifs is 1. The van der Waals surface area contributed by atoms with Crippen molar-refractivity contribution < 1.29 is 33.3 Å². The number of nitrogens with zero attached hydrogens (tertiary/aromatic N) is 2. The molecule has 4 N–H and O–H groups in total. The fourth-order valence-corrected chi connectivity index (χ4v) is 4.41. The number of anilines is 1. The molecule has 1 amide bonds. The molecule has 0 aliphatic heterocycles. The molecule has 178 valence electrons. The molecule has 4 aromatic carbocycles. The molecule has 0 aliphatic carbocycles. The number of hydrogen-bond acceptors (Lipinski definition) is 8. The van der Waals surface area contributed by atoms with Gasteiger partial charge in [-0.15, -0.1) is 10.2 Å². The van der Waals surface area contributed by atoms with Crippen molar-refractivity contribution in [3.05, 3.63) is 78.4 Å². The summed E-state index contributed by atoms with van der Waals surface area (Å²) >= 11 is 0. The van der Waals surface area contributed by atoms with Gasteiger partial charge in [0, 0.05) is 16.8 Å². The molecule has 11 heteroatoms. The minimum Gasteiger partial charge on any atom is -0.508 e. The Balaban J connectivity index is 1.74. The molecule has 0 saturated heterocycles. The number of phenolic OH excluding ortho intramolecular Hbond substituents is 3. The Labute approximate surface area is 199 Å². The van der Waals surface area contributed by atoms with Gasteiger partial charge in [-0.1, -0.05) is 24.3 Å². The molecule has 0 aliphatic rings. The number of phenols is 3. The number of sulfonamides is 1. The van der Waals surface area contributed by atoms with Crippen molar-refractivity contribution in [2.45, 2.75) is 4.90 Å². The summed E-state index contributed by atoms with van der Waals surface area (Å²) in [4.78, 5) is 12.3. The fraction of sp³-hybridized carbons (Fsp3) is 0.0417. The second kappa shape index (κ2) is 9.31. The van der Waals surface area contributed by atoms with Gasteiger partial charge in [0.25, 0.3) is 15.9 Å². The highest BCUT2D eigenvalue weighted by molar-refractivity contribution is 7.92. The van der Waals surface area contributed by atoms with Crippen molar-refractivity contribution in [2.75, 3.05) is 11.8 Å². The lowest BCUT2D eigenvalue weighted by atomic mass is 10.1. The molecule has 0 atom stereocenters. The fourth-order valence-electron chi connectivity index (χ4n) is 3.34. The molecule has 0 bridgehead atoms. The number of amides is 1. The van der Waals surface area contributed by atoms with E-state index in [9.17, 15) is 28.5 Å². The zero-order chi connectivity index (χ0) is 25.2. The van der Waals surface area contributed by atoms with Gasteiger partial charge in [-0.05, 0) is 42.5 Å². The van der Waals surface area contributed by atoms with E-state index in [1.54, 1.807) is 24.3 Å². The predicted octanol–water partition coefficient (Wildman–Crippen LogP) is 4.69. The number of hydrogen-bond donors (Lipinski definition) is 4. The minimum absolute atomic E-state index is 0.0162. The highest BCUT2D eigenvalue weighted by Crippen LogP contribution is 2.40. The lowest BCUT2D eigenvalue weighted by Crippen LogP contribution is -2.13. The van der Waals surface area contributed by atoms with E-state index in [1.165, 1.54) is 37.4 Å². The number of carbonyl (C=O) groups excluding carboxylic acids is 1. The van der Waals surface area contributed by atoms with E-state index in [0.717, 1.165) is 18.2 Å². The quantitative estimate of drug-likeness (QED) is 0.224. The van der Waals surface area contributed by atoms with Crippen LogP contribution in [0.5, 0.6) is 23.0 Å². The first-order valence-corrected chi connectivity index (χ1v) is 11.6. The van der Waals surface area contributed by atoms with Gasteiger partial charge in [-0.3, -0.25) is 9.52 Å². The Kier molecular flexibility index (Phi) is 6.26. The molecule has 10 nitrogen and oxygen atoms in total. The van der Waals surface area contributed by atoms with Gasteiger partial charge in [0.15, 0.2) is 5.75 Å². The Morgan fingerprint density at radius 3 is 2.14 bits per heavy atom. The minimum atomic E-state index is -4.03. The molecule has 0 heterocycles. The topological polar surface area (TPSA) is 158 Å². The van der Waals surface area contributed by atoms with Crippen LogP contribution in [0, 0.1) is 0 Å². The average Bonchev–Trinajstić information content (AvgIpc) is 2.84. The second-order valence-corrected chi connectivity index (χ2v) is 9.04. The van der Waals surface area contributed by atoms with Crippen molar-refractivity contribution in [1.29, 1.82) is 0 Å². The van der Waals surface area contributed by atoms with Crippen molar-refractivity contribution in [2.24, 2.45) is 10.2 Å².